The molecule has 7 nitrogen and oxygen atoms in total. The van der Waals surface area contributed by atoms with Crippen molar-refractivity contribution in [1.29, 1.82) is 0 Å². The number of amides is 1. The van der Waals surface area contributed by atoms with Crippen molar-refractivity contribution in [2.45, 2.75) is 25.8 Å². The number of hydrogen-bond donors (Lipinski definition) is 1. The molecule has 0 aliphatic carbocycles. The lowest BCUT2D eigenvalue weighted by Gasteiger charge is -2.38. The van der Waals surface area contributed by atoms with Gasteiger partial charge in [0.05, 0.1) is 0 Å². The standard InChI is InChI=1S/C15H22N4O3.ClH/c1-17-12(20)2-7-19(14(17)22)10-13(21)18-8-4-15(5-9-18)3-6-16-11-15;/h2,7,16H,3-6,8-11H2,1H3;1H. The SMILES string of the molecule is Cl.Cn1c(=O)ccn(CC(=O)N2CCC3(CCNC3)CC2)c1=O. The van der Waals surface area contributed by atoms with Gasteiger partial charge in [0.2, 0.25) is 5.91 Å². The second kappa shape index (κ2) is 6.88. The van der Waals surface area contributed by atoms with Crippen molar-refractivity contribution < 1.29 is 4.79 Å². The molecule has 1 aromatic rings. The Kier molecular flexibility index (Phi) is 5.31. The van der Waals surface area contributed by atoms with E-state index in [1.54, 1.807) is 0 Å². The van der Waals surface area contributed by atoms with Gasteiger partial charge in [-0.2, -0.15) is 0 Å². The molecule has 8 heteroatoms. The van der Waals surface area contributed by atoms with Crippen molar-refractivity contribution in [3.8, 4) is 0 Å². The maximum absolute atomic E-state index is 12.4. The van der Waals surface area contributed by atoms with Gasteiger partial charge in [0.15, 0.2) is 0 Å². The number of carbonyl (C=O) groups is 1. The van der Waals surface area contributed by atoms with Crippen LogP contribution < -0.4 is 16.6 Å². The van der Waals surface area contributed by atoms with E-state index < -0.39 is 5.69 Å². The first-order valence-electron chi connectivity index (χ1n) is 7.76. The Labute approximate surface area is 140 Å². The normalized spacial score (nSPS) is 19.6. The molecule has 0 radical (unpaired) electrons. The minimum absolute atomic E-state index is 0. The van der Waals surface area contributed by atoms with Gasteiger partial charge in [-0.1, -0.05) is 0 Å². The average molecular weight is 343 g/mol. The summed E-state index contributed by atoms with van der Waals surface area (Å²) in [4.78, 5) is 37.5. The molecule has 2 fully saturated rings. The molecule has 0 unspecified atom stereocenters. The van der Waals surface area contributed by atoms with Crippen LogP contribution >= 0.6 is 12.4 Å². The summed E-state index contributed by atoms with van der Waals surface area (Å²) in [5.41, 5.74) is -0.443. The molecule has 0 saturated carbocycles. The molecule has 1 N–H and O–H groups in total. The van der Waals surface area contributed by atoms with E-state index in [-0.39, 0.29) is 30.4 Å². The lowest BCUT2D eigenvalue weighted by atomic mass is 9.78. The van der Waals surface area contributed by atoms with Crippen molar-refractivity contribution >= 4 is 18.3 Å². The maximum atomic E-state index is 12.4. The first kappa shape index (κ1) is 17.7. The molecule has 1 amide bonds. The molecule has 3 rings (SSSR count). The van der Waals surface area contributed by atoms with Gasteiger partial charge in [-0.3, -0.25) is 18.7 Å². The Bertz CT molecular complexity index is 681. The van der Waals surface area contributed by atoms with Gasteiger partial charge in [-0.25, -0.2) is 4.79 Å². The second-order valence-corrected chi connectivity index (χ2v) is 6.43. The van der Waals surface area contributed by atoms with E-state index >= 15 is 0 Å². The maximum Gasteiger partial charge on any atom is 0.331 e. The van der Waals surface area contributed by atoms with Gasteiger partial charge >= 0.3 is 5.69 Å². The fourth-order valence-corrected chi connectivity index (χ4v) is 3.44. The van der Waals surface area contributed by atoms with Crippen LogP contribution in [0.3, 0.4) is 0 Å². The number of hydrogen-bond acceptors (Lipinski definition) is 4. The highest BCUT2D eigenvalue weighted by Gasteiger charge is 2.37. The molecule has 128 valence electrons. The van der Waals surface area contributed by atoms with Crippen LogP contribution in [0.25, 0.3) is 0 Å². The van der Waals surface area contributed by atoms with Crippen LogP contribution in [0.2, 0.25) is 0 Å². The van der Waals surface area contributed by atoms with Crippen molar-refractivity contribution in [2.75, 3.05) is 26.2 Å². The predicted molar refractivity (Wildman–Crippen MR) is 88.9 cm³/mol. The Morgan fingerprint density at radius 2 is 1.96 bits per heavy atom. The zero-order valence-electron chi connectivity index (χ0n) is 13.3. The largest absolute Gasteiger partial charge is 0.341 e. The number of aromatic nitrogens is 2. The minimum atomic E-state index is -0.450. The van der Waals surface area contributed by atoms with Crippen molar-refractivity contribution in [3.63, 3.8) is 0 Å². The molecule has 2 saturated heterocycles. The van der Waals surface area contributed by atoms with E-state index in [4.69, 9.17) is 0 Å². The fourth-order valence-electron chi connectivity index (χ4n) is 3.44. The molecule has 0 atom stereocenters. The van der Waals surface area contributed by atoms with Crippen LogP contribution in [0.5, 0.6) is 0 Å². The van der Waals surface area contributed by atoms with E-state index in [2.05, 4.69) is 5.32 Å². The lowest BCUT2D eigenvalue weighted by molar-refractivity contribution is -0.134. The molecule has 23 heavy (non-hydrogen) atoms. The molecule has 3 heterocycles. The third-order valence-corrected chi connectivity index (χ3v) is 5.07. The summed E-state index contributed by atoms with van der Waals surface area (Å²) in [5, 5.41) is 3.40. The van der Waals surface area contributed by atoms with Gasteiger partial charge in [0.1, 0.15) is 6.54 Å². The van der Waals surface area contributed by atoms with Crippen LogP contribution in [-0.2, 0) is 18.4 Å². The molecule has 2 aliphatic rings. The van der Waals surface area contributed by atoms with Crippen LogP contribution in [-0.4, -0.2) is 46.1 Å². The molecule has 1 spiro atoms. The van der Waals surface area contributed by atoms with E-state index in [0.717, 1.165) is 43.6 Å². The van der Waals surface area contributed by atoms with Crippen LogP contribution in [0, 0.1) is 5.41 Å². The first-order valence-corrected chi connectivity index (χ1v) is 7.76. The molecule has 0 bridgehead atoms. The van der Waals surface area contributed by atoms with Gasteiger partial charge in [0.25, 0.3) is 5.56 Å². The van der Waals surface area contributed by atoms with Crippen molar-refractivity contribution in [1.82, 2.24) is 19.4 Å². The summed E-state index contributed by atoms with van der Waals surface area (Å²) >= 11 is 0. The molecular weight excluding hydrogens is 320 g/mol. The lowest BCUT2D eigenvalue weighted by Crippen LogP contribution is -2.46. The summed E-state index contributed by atoms with van der Waals surface area (Å²) in [6.45, 7) is 3.62. The van der Waals surface area contributed by atoms with Crippen LogP contribution in [0.15, 0.2) is 21.9 Å². The van der Waals surface area contributed by atoms with E-state index in [0.29, 0.717) is 5.41 Å². The Morgan fingerprint density at radius 1 is 1.26 bits per heavy atom. The zero-order chi connectivity index (χ0) is 15.7. The number of likely N-dealkylation sites (tertiary alicyclic amines) is 1. The van der Waals surface area contributed by atoms with Gasteiger partial charge in [0, 0.05) is 38.9 Å². The predicted octanol–water partition coefficient (Wildman–Crippen LogP) is -0.429. The number of halogens is 1. The minimum Gasteiger partial charge on any atom is -0.341 e. The first-order chi connectivity index (χ1) is 10.5. The second-order valence-electron chi connectivity index (χ2n) is 6.43. The molecule has 0 aromatic carbocycles. The summed E-state index contributed by atoms with van der Waals surface area (Å²) in [5.74, 6) is -0.0541. The Balaban J connectivity index is 0.00000192. The smallest absolute Gasteiger partial charge is 0.331 e. The van der Waals surface area contributed by atoms with E-state index in [9.17, 15) is 14.4 Å². The highest BCUT2D eigenvalue weighted by molar-refractivity contribution is 5.85. The number of nitrogens with one attached hydrogen (secondary N) is 1. The Hall–Kier alpha value is -1.60. The Morgan fingerprint density at radius 3 is 2.57 bits per heavy atom. The van der Waals surface area contributed by atoms with Gasteiger partial charge in [-0.15, -0.1) is 12.4 Å². The highest BCUT2D eigenvalue weighted by atomic mass is 35.5. The van der Waals surface area contributed by atoms with E-state index in [1.807, 2.05) is 4.90 Å². The summed E-state index contributed by atoms with van der Waals surface area (Å²) in [7, 11) is 1.42. The fraction of sp³-hybridized carbons (Fsp3) is 0.667. The highest BCUT2D eigenvalue weighted by Crippen LogP contribution is 2.36. The number of carbonyl (C=O) groups excluding carboxylic acids is 1. The molecule has 2 aliphatic heterocycles. The third-order valence-electron chi connectivity index (χ3n) is 5.07. The molecular formula is C15H23ClN4O3. The zero-order valence-corrected chi connectivity index (χ0v) is 14.1. The summed E-state index contributed by atoms with van der Waals surface area (Å²) < 4.78 is 2.31. The van der Waals surface area contributed by atoms with Gasteiger partial charge in [-0.05, 0) is 31.2 Å². The topological polar surface area (TPSA) is 76.3 Å². The quantitative estimate of drug-likeness (QED) is 0.791. The number of rotatable bonds is 2. The van der Waals surface area contributed by atoms with E-state index in [1.165, 1.54) is 30.3 Å². The number of piperidine rings is 1. The molecule has 1 aromatic heterocycles. The van der Waals surface area contributed by atoms with Gasteiger partial charge < -0.3 is 10.2 Å². The van der Waals surface area contributed by atoms with Crippen LogP contribution in [0.1, 0.15) is 19.3 Å². The monoisotopic (exact) mass is 342 g/mol. The number of nitrogens with zero attached hydrogens (tertiary/aromatic N) is 3. The third kappa shape index (κ3) is 3.50. The summed E-state index contributed by atoms with van der Waals surface area (Å²) in [6.07, 6.45) is 4.63. The average Bonchev–Trinajstić information content (AvgIpc) is 2.97. The van der Waals surface area contributed by atoms with Crippen LogP contribution in [0.4, 0.5) is 0 Å². The summed E-state index contributed by atoms with van der Waals surface area (Å²) in [6, 6.07) is 1.31. The van der Waals surface area contributed by atoms with Crippen molar-refractivity contribution in [3.05, 3.63) is 33.1 Å². The van der Waals surface area contributed by atoms with Crippen molar-refractivity contribution in [2.24, 2.45) is 12.5 Å².